The van der Waals surface area contributed by atoms with Crippen molar-refractivity contribution in [3.8, 4) is 11.8 Å². The van der Waals surface area contributed by atoms with Crippen LogP contribution in [-0.2, 0) is 0 Å². The van der Waals surface area contributed by atoms with Crippen molar-refractivity contribution in [3.05, 3.63) is 88.7 Å². The zero-order chi connectivity index (χ0) is 21.0. The Kier molecular flexibility index (Phi) is 5.56. The lowest BCUT2D eigenvalue weighted by Gasteiger charge is -2.13. The van der Waals surface area contributed by atoms with Gasteiger partial charge in [-0.15, -0.1) is 0 Å². The molecule has 6 nitrogen and oxygen atoms in total. The van der Waals surface area contributed by atoms with E-state index in [1.54, 1.807) is 42.5 Å². The Morgan fingerprint density at radius 3 is 2.41 bits per heavy atom. The van der Waals surface area contributed by atoms with Gasteiger partial charge in [0.05, 0.1) is 24.0 Å². The van der Waals surface area contributed by atoms with Crippen LogP contribution >= 0.6 is 0 Å². The fourth-order valence-corrected chi connectivity index (χ4v) is 2.73. The monoisotopic (exact) mass is 389 g/mol. The van der Waals surface area contributed by atoms with Crippen LogP contribution in [0.1, 0.15) is 31.8 Å². The summed E-state index contributed by atoms with van der Waals surface area (Å²) in [6.07, 6.45) is 0. The van der Waals surface area contributed by atoms with E-state index in [-0.39, 0.29) is 28.1 Å². The number of carbonyl (C=O) groups excluding carboxylic acids is 2. The highest BCUT2D eigenvalue weighted by atomic mass is 19.1. The summed E-state index contributed by atoms with van der Waals surface area (Å²) in [5.41, 5.74) is 6.66. The molecule has 0 saturated carbocycles. The number of benzene rings is 3. The molecule has 0 radical (unpaired) electrons. The quantitative estimate of drug-likeness (QED) is 0.510. The Labute approximate surface area is 166 Å². The second kappa shape index (κ2) is 8.23. The lowest BCUT2D eigenvalue weighted by molar-refractivity contribution is 0.102. The number of rotatable bonds is 5. The standard InChI is InChI=1S/C22H16FN3O3/c1-29-16-8-5-13(6-9-16)22(28)26-20-17(3-2-4-19(20)25)21(27)14-7-10-18(23)15(11-14)12-24/h2-11H,25H2,1H3,(H,26,28). The molecule has 0 bridgehead atoms. The number of methoxy groups -OCH3 is 1. The van der Waals surface area contributed by atoms with E-state index in [0.717, 1.165) is 12.1 Å². The molecule has 3 N–H and O–H groups in total. The summed E-state index contributed by atoms with van der Waals surface area (Å²) in [6.45, 7) is 0. The Morgan fingerprint density at radius 1 is 1.07 bits per heavy atom. The number of ether oxygens (including phenoxy) is 1. The van der Waals surface area contributed by atoms with Crippen molar-refractivity contribution < 1.29 is 18.7 Å². The Hall–Kier alpha value is -4.18. The van der Waals surface area contributed by atoms with Crippen LogP contribution in [0, 0.1) is 17.1 Å². The van der Waals surface area contributed by atoms with E-state index < -0.39 is 17.5 Å². The lowest BCUT2D eigenvalue weighted by atomic mass is 9.99. The van der Waals surface area contributed by atoms with E-state index in [1.165, 1.54) is 19.2 Å². The van der Waals surface area contributed by atoms with Crippen molar-refractivity contribution >= 4 is 23.1 Å². The molecule has 3 aromatic rings. The maximum Gasteiger partial charge on any atom is 0.255 e. The summed E-state index contributed by atoms with van der Waals surface area (Å²) < 4.78 is 18.6. The van der Waals surface area contributed by atoms with Gasteiger partial charge in [0.2, 0.25) is 0 Å². The molecular weight excluding hydrogens is 373 g/mol. The first-order chi connectivity index (χ1) is 13.9. The number of nitrogens with two attached hydrogens (primary N) is 1. The summed E-state index contributed by atoms with van der Waals surface area (Å²) in [5.74, 6) is -1.08. The molecule has 7 heteroatoms. The number of para-hydroxylation sites is 1. The summed E-state index contributed by atoms with van der Waals surface area (Å²) in [6, 6.07) is 16.2. The number of ketones is 1. The van der Waals surface area contributed by atoms with Crippen LogP contribution in [0.15, 0.2) is 60.7 Å². The van der Waals surface area contributed by atoms with Crippen molar-refractivity contribution in [2.45, 2.75) is 0 Å². The highest BCUT2D eigenvalue weighted by Crippen LogP contribution is 2.27. The highest BCUT2D eigenvalue weighted by Gasteiger charge is 2.19. The number of anilines is 2. The Morgan fingerprint density at radius 2 is 1.76 bits per heavy atom. The van der Waals surface area contributed by atoms with Crippen LogP contribution in [0.4, 0.5) is 15.8 Å². The van der Waals surface area contributed by atoms with Crippen LogP contribution in [0.2, 0.25) is 0 Å². The van der Waals surface area contributed by atoms with Crippen molar-refractivity contribution in [2.24, 2.45) is 0 Å². The molecule has 0 aromatic heterocycles. The third-order valence-electron chi connectivity index (χ3n) is 4.28. The SMILES string of the molecule is COc1ccc(C(=O)Nc2c(N)cccc2C(=O)c2ccc(F)c(C#N)c2)cc1. The third kappa shape index (κ3) is 4.06. The van der Waals surface area contributed by atoms with Crippen LogP contribution in [0.3, 0.4) is 0 Å². The number of nitrogens with zero attached hydrogens (tertiary/aromatic N) is 1. The third-order valence-corrected chi connectivity index (χ3v) is 4.28. The van der Waals surface area contributed by atoms with Crippen molar-refractivity contribution in [1.29, 1.82) is 5.26 Å². The van der Waals surface area contributed by atoms with Gasteiger partial charge in [-0.3, -0.25) is 9.59 Å². The number of amides is 1. The Balaban J connectivity index is 1.96. The predicted molar refractivity (Wildman–Crippen MR) is 106 cm³/mol. The van der Waals surface area contributed by atoms with Gasteiger partial charge in [0.25, 0.3) is 5.91 Å². The molecule has 29 heavy (non-hydrogen) atoms. The van der Waals surface area contributed by atoms with Crippen LogP contribution in [0.5, 0.6) is 5.75 Å². The molecule has 0 aliphatic rings. The van der Waals surface area contributed by atoms with E-state index in [2.05, 4.69) is 5.32 Å². The molecule has 0 heterocycles. The maximum atomic E-state index is 13.6. The van der Waals surface area contributed by atoms with E-state index in [1.807, 2.05) is 0 Å². The molecule has 0 atom stereocenters. The predicted octanol–water partition coefficient (Wildman–Crippen LogP) is 3.77. The summed E-state index contributed by atoms with van der Waals surface area (Å²) in [7, 11) is 1.52. The number of nitriles is 1. The number of nitrogen functional groups attached to an aromatic ring is 1. The first kappa shape index (κ1) is 19.6. The van der Waals surface area contributed by atoms with Gasteiger partial charge in [-0.25, -0.2) is 4.39 Å². The van der Waals surface area contributed by atoms with Crippen molar-refractivity contribution in [3.63, 3.8) is 0 Å². The van der Waals surface area contributed by atoms with Gasteiger partial charge >= 0.3 is 0 Å². The van der Waals surface area contributed by atoms with E-state index in [0.29, 0.717) is 11.3 Å². The average molecular weight is 389 g/mol. The highest BCUT2D eigenvalue weighted by molar-refractivity contribution is 6.17. The molecule has 0 aliphatic carbocycles. The average Bonchev–Trinajstić information content (AvgIpc) is 2.75. The lowest BCUT2D eigenvalue weighted by Crippen LogP contribution is -2.17. The van der Waals surface area contributed by atoms with Gasteiger partial charge in [0.1, 0.15) is 17.6 Å². The minimum atomic E-state index is -0.718. The zero-order valence-electron chi connectivity index (χ0n) is 15.4. The summed E-state index contributed by atoms with van der Waals surface area (Å²) in [4.78, 5) is 25.6. The van der Waals surface area contributed by atoms with Gasteiger partial charge in [-0.05, 0) is 54.6 Å². The van der Waals surface area contributed by atoms with Crippen molar-refractivity contribution in [2.75, 3.05) is 18.2 Å². The number of hydrogen-bond acceptors (Lipinski definition) is 5. The second-order valence-electron chi connectivity index (χ2n) is 6.09. The maximum absolute atomic E-state index is 13.6. The van der Waals surface area contributed by atoms with Crippen LogP contribution in [0.25, 0.3) is 0 Å². The molecule has 144 valence electrons. The largest absolute Gasteiger partial charge is 0.497 e. The molecular formula is C22H16FN3O3. The number of nitrogens with one attached hydrogen (secondary N) is 1. The fourth-order valence-electron chi connectivity index (χ4n) is 2.73. The van der Waals surface area contributed by atoms with E-state index >= 15 is 0 Å². The molecule has 0 unspecified atom stereocenters. The molecule has 0 aliphatic heterocycles. The fraction of sp³-hybridized carbons (Fsp3) is 0.0455. The molecule has 3 rings (SSSR count). The first-order valence-electron chi connectivity index (χ1n) is 8.53. The smallest absolute Gasteiger partial charge is 0.255 e. The van der Waals surface area contributed by atoms with E-state index in [4.69, 9.17) is 15.7 Å². The van der Waals surface area contributed by atoms with Gasteiger partial charge < -0.3 is 15.8 Å². The minimum Gasteiger partial charge on any atom is -0.497 e. The van der Waals surface area contributed by atoms with Gasteiger partial charge in [-0.2, -0.15) is 5.26 Å². The number of carbonyl (C=O) groups is 2. The summed E-state index contributed by atoms with van der Waals surface area (Å²) in [5, 5.41) is 11.6. The molecule has 0 spiro atoms. The molecule has 1 amide bonds. The van der Waals surface area contributed by atoms with Gasteiger partial charge in [0.15, 0.2) is 5.78 Å². The molecule has 0 fully saturated rings. The number of hydrogen-bond donors (Lipinski definition) is 2. The first-order valence-corrected chi connectivity index (χ1v) is 8.53. The van der Waals surface area contributed by atoms with E-state index in [9.17, 15) is 14.0 Å². The Bertz CT molecular complexity index is 1140. The van der Waals surface area contributed by atoms with Gasteiger partial charge in [0, 0.05) is 16.7 Å². The molecule has 0 saturated heterocycles. The minimum absolute atomic E-state index is 0.105. The normalized spacial score (nSPS) is 10.1. The van der Waals surface area contributed by atoms with Gasteiger partial charge in [-0.1, -0.05) is 6.07 Å². The second-order valence-corrected chi connectivity index (χ2v) is 6.09. The van der Waals surface area contributed by atoms with Crippen LogP contribution < -0.4 is 15.8 Å². The number of halogens is 1. The summed E-state index contributed by atoms with van der Waals surface area (Å²) >= 11 is 0. The van der Waals surface area contributed by atoms with Crippen molar-refractivity contribution in [1.82, 2.24) is 0 Å². The van der Waals surface area contributed by atoms with Crippen LogP contribution in [-0.4, -0.2) is 18.8 Å². The topological polar surface area (TPSA) is 105 Å². The molecule has 3 aromatic carbocycles. The zero-order valence-corrected chi connectivity index (χ0v) is 15.4.